The number of hydrogen-bond donors (Lipinski definition) is 0. The van der Waals surface area contributed by atoms with Gasteiger partial charge in [-0.25, -0.2) is 9.59 Å². The minimum atomic E-state index is -1.18. The molecular weight excluding hydrogens is 462 g/mol. The highest BCUT2D eigenvalue weighted by atomic mass is 35.5. The van der Waals surface area contributed by atoms with Crippen LogP contribution in [0.15, 0.2) is 54.6 Å². The van der Waals surface area contributed by atoms with Gasteiger partial charge >= 0.3 is 18.0 Å². The smallest absolute Gasteiger partial charge is 0.410 e. The quantitative estimate of drug-likeness (QED) is 0.316. The molecule has 3 atom stereocenters. The Kier molecular flexibility index (Phi) is 8.65. The van der Waals surface area contributed by atoms with Gasteiger partial charge in [-0.1, -0.05) is 41.9 Å². The van der Waals surface area contributed by atoms with Crippen LogP contribution in [0.3, 0.4) is 0 Å². The molecule has 0 saturated carbocycles. The monoisotopic (exact) mass is 487 g/mol. The molecule has 2 aromatic rings. The Balaban J connectivity index is 1.91. The first kappa shape index (κ1) is 25.2. The van der Waals surface area contributed by atoms with Crippen LogP contribution in [-0.2, 0) is 30.4 Å². The van der Waals surface area contributed by atoms with Gasteiger partial charge in [-0.2, -0.15) is 0 Å². The summed E-state index contributed by atoms with van der Waals surface area (Å²) in [5, 5.41) is 0.463. The fourth-order valence-corrected chi connectivity index (χ4v) is 4.19. The predicted molar refractivity (Wildman–Crippen MR) is 123 cm³/mol. The molecule has 0 aromatic heterocycles. The van der Waals surface area contributed by atoms with E-state index < -0.39 is 35.9 Å². The molecular formula is C25H26ClNO7. The van der Waals surface area contributed by atoms with Crippen molar-refractivity contribution in [3.8, 4) is 0 Å². The van der Waals surface area contributed by atoms with Gasteiger partial charge in [0.05, 0.1) is 20.1 Å². The third-order valence-electron chi connectivity index (χ3n) is 5.71. The number of Topliss-reactive ketones (excluding diaryl/α,β-unsaturated/α-hetero) is 1. The largest absolute Gasteiger partial charge is 0.469 e. The highest BCUT2D eigenvalue weighted by Crippen LogP contribution is 2.36. The number of carbonyl (C=O) groups excluding carboxylic acids is 4. The second-order valence-corrected chi connectivity index (χ2v) is 8.25. The van der Waals surface area contributed by atoms with Crippen LogP contribution in [0.5, 0.6) is 0 Å². The van der Waals surface area contributed by atoms with E-state index in [0.29, 0.717) is 10.6 Å². The lowest BCUT2D eigenvalue weighted by Crippen LogP contribution is -2.45. The molecule has 1 aliphatic rings. The molecule has 1 heterocycles. The van der Waals surface area contributed by atoms with Crippen LogP contribution in [0.2, 0.25) is 5.02 Å². The van der Waals surface area contributed by atoms with Gasteiger partial charge in [-0.3, -0.25) is 14.5 Å². The van der Waals surface area contributed by atoms with Crippen molar-refractivity contribution in [2.24, 2.45) is 11.8 Å². The van der Waals surface area contributed by atoms with E-state index in [2.05, 4.69) is 0 Å². The van der Waals surface area contributed by atoms with E-state index in [1.807, 2.05) is 18.2 Å². The molecule has 1 saturated heterocycles. The van der Waals surface area contributed by atoms with Crippen molar-refractivity contribution in [2.75, 3.05) is 20.3 Å². The number of ketones is 1. The molecule has 0 bridgehead atoms. The first-order valence-corrected chi connectivity index (χ1v) is 11.2. The van der Waals surface area contributed by atoms with E-state index in [1.54, 1.807) is 43.3 Å². The average Bonchev–Trinajstić information content (AvgIpc) is 3.22. The SMILES string of the molecule is CCOC(=O)[C@@H]1[C@@H](CC(=O)OC)[C@@H](C(=O)c2ccc(Cl)cc2)CN1C(=O)OCc1ccccc1. The lowest BCUT2D eigenvalue weighted by Gasteiger charge is -2.25. The van der Waals surface area contributed by atoms with Crippen molar-refractivity contribution in [2.45, 2.75) is 26.0 Å². The Morgan fingerprint density at radius 2 is 1.68 bits per heavy atom. The topological polar surface area (TPSA) is 99.2 Å². The van der Waals surface area contributed by atoms with Gasteiger partial charge in [0.1, 0.15) is 12.6 Å². The highest BCUT2D eigenvalue weighted by Gasteiger charge is 2.52. The first-order chi connectivity index (χ1) is 16.3. The summed E-state index contributed by atoms with van der Waals surface area (Å²) in [6, 6.07) is 14.2. The van der Waals surface area contributed by atoms with Crippen LogP contribution in [0.1, 0.15) is 29.3 Å². The number of carbonyl (C=O) groups is 4. The van der Waals surface area contributed by atoms with Crippen LogP contribution in [-0.4, -0.2) is 55.0 Å². The highest BCUT2D eigenvalue weighted by molar-refractivity contribution is 6.30. The zero-order valence-electron chi connectivity index (χ0n) is 18.9. The number of halogens is 1. The molecule has 9 heteroatoms. The molecule has 0 radical (unpaired) electrons. The van der Waals surface area contributed by atoms with Crippen molar-refractivity contribution in [1.82, 2.24) is 4.90 Å². The molecule has 1 amide bonds. The van der Waals surface area contributed by atoms with Crippen molar-refractivity contribution in [1.29, 1.82) is 0 Å². The minimum absolute atomic E-state index is 0.0107. The number of ether oxygens (including phenoxy) is 3. The number of rotatable bonds is 8. The van der Waals surface area contributed by atoms with Gasteiger partial charge in [0.25, 0.3) is 0 Å². The molecule has 1 aliphatic heterocycles. The average molecular weight is 488 g/mol. The number of benzene rings is 2. The Morgan fingerprint density at radius 3 is 2.29 bits per heavy atom. The lowest BCUT2D eigenvalue weighted by atomic mass is 9.82. The molecule has 8 nitrogen and oxygen atoms in total. The van der Waals surface area contributed by atoms with Crippen molar-refractivity contribution in [3.63, 3.8) is 0 Å². The van der Waals surface area contributed by atoms with Crippen LogP contribution in [0, 0.1) is 11.8 Å². The molecule has 2 aromatic carbocycles. The van der Waals surface area contributed by atoms with E-state index in [1.165, 1.54) is 12.0 Å². The van der Waals surface area contributed by atoms with E-state index >= 15 is 0 Å². The normalized spacial score (nSPS) is 19.4. The van der Waals surface area contributed by atoms with E-state index in [-0.39, 0.29) is 32.0 Å². The Bertz CT molecular complexity index is 1030. The molecule has 0 N–H and O–H groups in total. The van der Waals surface area contributed by atoms with Gasteiger partial charge in [0, 0.05) is 29.0 Å². The second kappa shape index (κ2) is 11.7. The van der Waals surface area contributed by atoms with E-state index in [4.69, 9.17) is 25.8 Å². The minimum Gasteiger partial charge on any atom is -0.469 e. The van der Waals surface area contributed by atoms with Gasteiger partial charge in [0.2, 0.25) is 0 Å². The molecule has 3 rings (SSSR count). The number of methoxy groups -OCH3 is 1. The number of amides is 1. The molecule has 0 spiro atoms. The van der Waals surface area contributed by atoms with Gasteiger partial charge in [-0.15, -0.1) is 0 Å². The van der Waals surface area contributed by atoms with E-state index in [0.717, 1.165) is 5.56 Å². The molecule has 1 fully saturated rings. The Morgan fingerprint density at radius 1 is 1.00 bits per heavy atom. The van der Waals surface area contributed by atoms with Crippen LogP contribution in [0.4, 0.5) is 4.79 Å². The maximum absolute atomic E-state index is 13.4. The fourth-order valence-electron chi connectivity index (χ4n) is 4.07. The van der Waals surface area contributed by atoms with E-state index in [9.17, 15) is 19.2 Å². The van der Waals surface area contributed by atoms with Gasteiger partial charge < -0.3 is 14.2 Å². The number of esters is 2. The first-order valence-electron chi connectivity index (χ1n) is 10.9. The van der Waals surface area contributed by atoms with Crippen LogP contribution >= 0.6 is 11.6 Å². The Labute approximate surface area is 202 Å². The number of hydrogen-bond acceptors (Lipinski definition) is 7. The maximum Gasteiger partial charge on any atom is 0.410 e. The van der Waals surface area contributed by atoms with Crippen LogP contribution in [0.25, 0.3) is 0 Å². The third kappa shape index (κ3) is 5.94. The molecule has 34 heavy (non-hydrogen) atoms. The van der Waals surface area contributed by atoms with Crippen molar-refractivity contribution >= 4 is 35.4 Å². The predicted octanol–water partition coefficient (Wildman–Crippen LogP) is 3.90. The standard InChI is InChI=1S/C25H26ClNO7/c1-3-33-24(30)22-19(13-21(28)32-2)20(23(29)17-9-11-18(26)12-10-17)14-27(22)25(31)34-15-16-7-5-4-6-8-16/h4-12,19-20,22H,3,13-15H2,1-2H3/t19-,20-,22-/m0/s1. The summed E-state index contributed by atoms with van der Waals surface area (Å²) in [6.07, 6.45) is -1.02. The number of nitrogens with zero attached hydrogens (tertiary/aromatic N) is 1. The zero-order valence-corrected chi connectivity index (χ0v) is 19.7. The summed E-state index contributed by atoms with van der Waals surface area (Å²) in [6.45, 7) is 1.59. The summed E-state index contributed by atoms with van der Waals surface area (Å²) >= 11 is 5.94. The lowest BCUT2D eigenvalue weighted by molar-refractivity contribution is -0.150. The third-order valence-corrected chi connectivity index (χ3v) is 5.97. The fraction of sp³-hybridized carbons (Fsp3) is 0.360. The number of likely N-dealkylation sites (tertiary alicyclic amines) is 1. The van der Waals surface area contributed by atoms with Gasteiger partial charge in [0.15, 0.2) is 5.78 Å². The van der Waals surface area contributed by atoms with Crippen molar-refractivity contribution < 1.29 is 33.4 Å². The maximum atomic E-state index is 13.4. The summed E-state index contributed by atoms with van der Waals surface area (Å²) in [5.41, 5.74) is 1.12. The summed E-state index contributed by atoms with van der Waals surface area (Å²) in [7, 11) is 1.22. The van der Waals surface area contributed by atoms with Crippen LogP contribution < -0.4 is 0 Å². The summed E-state index contributed by atoms with van der Waals surface area (Å²) < 4.78 is 15.4. The van der Waals surface area contributed by atoms with Crippen molar-refractivity contribution in [3.05, 3.63) is 70.7 Å². The zero-order chi connectivity index (χ0) is 24.7. The van der Waals surface area contributed by atoms with Gasteiger partial charge in [-0.05, 0) is 36.8 Å². The summed E-state index contributed by atoms with van der Waals surface area (Å²) in [5.74, 6) is -3.33. The summed E-state index contributed by atoms with van der Waals surface area (Å²) in [4.78, 5) is 52.7. The Hall–Kier alpha value is -3.39. The molecule has 0 unspecified atom stereocenters. The molecule has 180 valence electrons. The molecule has 0 aliphatic carbocycles. The second-order valence-electron chi connectivity index (χ2n) is 7.81.